The highest BCUT2D eigenvalue weighted by molar-refractivity contribution is 8.00. The van der Waals surface area contributed by atoms with Gasteiger partial charge in [0, 0.05) is 33.1 Å². The minimum Gasteiger partial charge on any atom is -0.493 e. The molecule has 0 aromatic heterocycles. The molecule has 0 aliphatic carbocycles. The number of carbonyl (C=O) groups is 3. The molecule has 0 fully saturated rings. The first-order valence-corrected chi connectivity index (χ1v) is 16.6. The summed E-state index contributed by atoms with van der Waals surface area (Å²) >= 11 is 1.43. The van der Waals surface area contributed by atoms with Gasteiger partial charge in [0.2, 0.25) is 5.91 Å². The minimum atomic E-state index is -0.543. The summed E-state index contributed by atoms with van der Waals surface area (Å²) in [5.41, 5.74) is 2.99. The lowest BCUT2D eigenvalue weighted by Gasteiger charge is -2.27. The molecular formula is C40H37N3O5S. The Morgan fingerprint density at radius 3 is 1.96 bits per heavy atom. The van der Waals surface area contributed by atoms with Crippen LogP contribution in [-0.2, 0) is 9.59 Å². The third kappa shape index (κ3) is 8.77. The third-order valence-electron chi connectivity index (χ3n) is 7.53. The van der Waals surface area contributed by atoms with Crippen LogP contribution >= 0.6 is 11.8 Å². The zero-order valence-corrected chi connectivity index (χ0v) is 28.3. The maximum atomic E-state index is 14.1. The number of ether oxygens (including phenoxy) is 2. The van der Waals surface area contributed by atoms with E-state index >= 15 is 0 Å². The van der Waals surface area contributed by atoms with Crippen molar-refractivity contribution in [3.8, 4) is 11.5 Å². The second-order valence-electron chi connectivity index (χ2n) is 10.8. The van der Waals surface area contributed by atoms with Gasteiger partial charge in [-0.3, -0.25) is 19.3 Å². The SMILES string of the molecule is CCC(Sc1cccc(NC(=O)/C(=C\c2cccc(OC)c2OC)NC(=O)c2ccccc2)c1)C(=O)N(c1ccccc1)c1ccccc1. The molecule has 0 saturated heterocycles. The Balaban J connectivity index is 1.40. The molecule has 1 atom stereocenters. The van der Waals surface area contributed by atoms with E-state index in [9.17, 15) is 14.4 Å². The summed E-state index contributed by atoms with van der Waals surface area (Å²) < 4.78 is 11.0. The minimum absolute atomic E-state index is 0.00133. The van der Waals surface area contributed by atoms with Crippen LogP contribution in [0.25, 0.3) is 6.08 Å². The van der Waals surface area contributed by atoms with E-state index in [0.29, 0.717) is 34.7 Å². The van der Waals surface area contributed by atoms with E-state index in [0.717, 1.165) is 16.3 Å². The first kappa shape index (κ1) is 34.5. The first-order valence-electron chi connectivity index (χ1n) is 15.7. The number of carbonyl (C=O) groups excluding carboxylic acids is 3. The highest BCUT2D eigenvalue weighted by Gasteiger charge is 2.27. The lowest BCUT2D eigenvalue weighted by atomic mass is 10.1. The number of hydrogen-bond acceptors (Lipinski definition) is 6. The molecular weight excluding hydrogens is 635 g/mol. The maximum absolute atomic E-state index is 14.1. The van der Waals surface area contributed by atoms with Gasteiger partial charge >= 0.3 is 0 Å². The average molecular weight is 672 g/mol. The number of para-hydroxylation sites is 3. The predicted molar refractivity (Wildman–Crippen MR) is 196 cm³/mol. The van der Waals surface area contributed by atoms with Crippen LogP contribution in [0.3, 0.4) is 0 Å². The van der Waals surface area contributed by atoms with Gasteiger partial charge < -0.3 is 20.1 Å². The van der Waals surface area contributed by atoms with Crippen LogP contribution in [0, 0.1) is 0 Å². The van der Waals surface area contributed by atoms with Crippen molar-refractivity contribution in [3.05, 3.63) is 150 Å². The van der Waals surface area contributed by atoms with Gasteiger partial charge in [-0.15, -0.1) is 11.8 Å². The number of nitrogens with one attached hydrogen (secondary N) is 2. The van der Waals surface area contributed by atoms with E-state index in [1.54, 1.807) is 59.5 Å². The molecule has 0 saturated carbocycles. The number of methoxy groups -OCH3 is 2. The molecule has 49 heavy (non-hydrogen) atoms. The Hall–Kier alpha value is -5.80. The molecule has 0 radical (unpaired) electrons. The van der Waals surface area contributed by atoms with E-state index in [2.05, 4.69) is 10.6 Å². The van der Waals surface area contributed by atoms with Gasteiger partial charge in [-0.1, -0.05) is 79.7 Å². The number of benzene rings is 5. The van der Waals surface area contributed by atoms with Gasteiger partial charge in [0.05, 0.1) is 19.5 Å². The van der Waals surface area contributed by atoms with Crippen LogP contribution in [0.5, 0.6) is 11.5 Å². The van der Waals surface area contributed by atoms with Crippen molar-refractivity contribution in [1.82, 2.24) is 5.32 Å². The van der Waals surface area contributed by atoms with Crippen molar-refractivity contribution < 1.29 is 23.9 Å². The summed E-state index contributed by atoms with van der Waals surface area (Å²) in [5.74, 6) is -0.149. The van der Waals surface area contributed by atoms with Crippen LogP contribution in [-0.4, -0.2) is 37.2 Å². The van der Waals surface area contributed by atoms with E-state index in [1.807, 2.05) is 91.9 Å². The maximum Gasteiger partial charge on any atom is 0.272 e. The monoisotopic (exact) mass is 671 g/mol. The Labute approximate surface area is 290 Å². The van der Waals surface area contributed by atoms with Gasteiger partial charge in [-0.05, 0) is 73.2 Å². The Morgan fingerprint density at radius 2 is 1.37 bits per heavy atom. The molecule has 8 nitrogen and oxygen atoms in total. The van der Waals surface area contributed by atoms with Crippen LogP contribution < -0.4 is 25.0 Å². The fourth-order valence-electron chi connectivity index (χ4n) is 5.14. The zero-order chi connectivity index (χ0) is 34.6. The van der Waals surface area contributed by atoms with Crippen molar-refractivity contribution in [2.45, 2.75) is 23.5 Å². The van der Waals surface area contributed by atoms with Crippen LogP contribution in [0.1, 0.15) is 29.3 Å². The summed E-state index contributed by atoms with van der Waals surface area (Å²) in [4.78, 5) is 43.6. The van der Waals surface area contributed by atoms with Crippen molar-refractivity contribution in [3.63, 3.8) is 0 Å². The second kappa shape index (κ2) is 16.9. The summed E-state index contributed by atoms with van der Waals surface area (Å²) in [5, 5.41) is 5.27. The van der Waals surface area contributed by atoms with E-state index in [-0.39, 0.29) is 11.6 Å². The molecule has 9 heteroatoms. The van der Waals surface area contributed by atoms with Crippen molar-refractivity contribution >= 4 is 52.6 Å². The van der Waals surface area contributed by atoms with Crippen LogP contribution in [0.15, 0.2) is 144 Å². The van der Waals surface area contributed by atoms with Crippen molar-refractivity contribution in [1.29, 1.82) is 0 Å². The Bertz CT molecular complexity index is 1880. The average Bonchev–Trinajstić information content (AvgIpc) is 3.14. The Kier molecular flexibility index (Phi) is 11.9. The molecule has 0 aliphatic rings. The summed E-state index contributed by atoms with van der Waals surface area (Å²) in [6.45, 7) is 1.98. The number of hydrogen-bond donors (Lipinski definition) is 2. The van der Waals surface area contributed by atoms with Gasteiger partial charge in [0.1, 0.15) is 5.70 Å². The topological polar surface area (TPSA) is 97.0 Å². The normalized spacial score (nSPS) is 11.6. The molecule has 3 amide bonds. The lowest BCUT2D eigenvalue weighted by molar-refractivity contribution is -0.117. The highest BCUT2D eigenvalue weighted by Crippen LogP contribution is 2.34. The zero-order valence-electron chi connectivity index (χ0n) is 27.5. The fourth-order valence-corrected chi connectivity index (χ4v) is 6.20. The fraction of sp³-hybridized carbons (Fsp3) is 0.125. The molecule has 2 N–H and O–H groups in total. The largest absolute Gasteiger partial charge is 0.493 e. The number of rotatable bonds is 13. The third-order valence-corrected chi connectivity index (χ3v) is 8.87. The molecule has 0 bridgehead atoms. The van der Waals surface area contributed by atoms with Gasteiger partial charge in [-0.2, -0.15) is 0 Å². The summed E-state index contributed by atoms with van der Waals surface area (Å²) in [7, 11) is 3.03. The lowest BCUT2D eigenvalue weighted by Crippen LogP contribution is -2.34. The molecule has 0 heterocycles. The highest BCUT2D eigenvalue weighted by atomic mass is 32.2. The smallest absolute Gasteiger partial charge is 0.272 e. The quantitative estimate of drug-likeness (QED) is 0.0965. The van der Waals surface area contributed by atoms with Gasteiger partial charge in [-0.25, -0.2) is 0 Å². The number of thioether (sulfide) groups is 1. The van der Waals surface area contributed by atoms with Crippen LogP contribution in [0.4, 0.5) is 17.1 Å². The second-order valence-corrected chi connectivity index (χ2v) is 12.1. The predicted octanol–water partition coefficient (Wildman–Crippen LogP) is 8.35. The molecule has 0 spiro atoms. The summed E-state index contributed by atoms with van der Waals surface area (Å²) in [6.07, 6.45) is 2.13. The van der Waals surface area contributed by atoms with Crippen LogP contribution in [0.2, 0.25) is 0 Å². The molecule has 1 unspecified atom stereocenters. The summed E-state index contributed by atoms with van der Waals surface area (Å²) in [6, 6.07) is 40.4. The van der Waals surface area contributed by atoms with Crippen molar-refractivity contribution in [2.24, 2.45) is 0 Å². The standard InChI is InChI=1S/C40H37N3O5S/c1-4-36(40(46)43(31-20-10-6-11-21-31)32-22-12-7-13-23-32)49-33-24-15-19-30(27-33)41-39(45)34(42-38(44)28-16-8-5-9-17-28)26-29-18-14-25-35(47-2)37(29)48-3/h5-27,36H,4H2,1-3H3,(H,41,45)(H,42,44)/b34-26+. The van der Waals surface area contributed by atoms with E-state index in [4.69, 9.17) is 9.47 Å². The first-order chi connectivity index (χ1) is 23.9. The van der Waals surface area contributed by atoms with Gasteiger partial charge in [0.15, 0.2) is 11.5 Å². The molecule has 5 aromatic rings. The molecule has 248 valence electrons. The Morgan fingerprint density at radius 1 is 0.755 bits per heavy atom. The number of anilines is 3. The van der Waals surface area contributed by atoms with E-state index in [1.165, 1.54) is 26.0 Å². The van der Waals surface area contributed by atoms with Crippen molar-refractivity contribution in [2.75, 3.05) is 24.4 Å². The molecule has 0 aliphatic heterocycles. The van der Waals surface area contributed by atoms with E-state index < -0.39 is 17.1 Å². The molecule has 5 rings (SSSR count). The number of amides is 3. The molecule has 5 aromatic carbocycles. The van der Waals surface area contributed by atoms with Gasteiger partial charge in [0.25, 0.3) is 11.8 Å². The number of nitrogens with zero attached hydrogens (tertiary/aromatic N) is 1.